The van der Waals surface area contributed by atoms with Crippen molar-refractivity contribution >= 4 is 55.8 Å². The van der Waals surface area contributed by atoms with Crippen molar-refractivity contribution < 1.29 is 27.9 Å². The molecular formula is C29H32N6O6S. The maximum Gasteiger partial charge on any atom is 0.263 e. The van der Waals surface area contributed by atoms with E-state index < -0.39 is 10.0 Å². The van der Waals surface area contributed by atoms with Crippen LogP contribution in [0.2, 0.25) is 0 Å². The van der Waals surface area contributed by atoms with E-state index in [1.165, 1.54) is 37.4 Å². The fourth-order valence-electron chi connectivity index (χ4n) is 4.36. The normalized spacial score (nSPS) is 13.7. The Morgan fingerprint density at radius 1 is 0.952 bits per heavy atom. The van der Waals surface area contributed by atoms with Crippen molar-refractivity contribution in [1.29, 1.82) is 0 Å². The summed E-state index contributed by atoms with van der Waals surface area (Å²) in [5.41, 5.74) is 1.69. The third-order valence-electron chi connectivity index (χ3n) is 6.40. The molecule has 1 aromatic heterocycles. The number of nitrogens with zero attached hydrogens (tertiary/aromatic N) is 3. The number of hydrogen-bond acceptors (Lipinski definition) is 10. The van der Waals surface area contributed by atoms with Crippen LogP contribution in [-0.4, -0.2) is 66.8 Å². The number of ketones is 1. The third-order valence-corrected chi connectivity index (χ3v) is 7.74. The van der Waals surface area contributed by atoms with Crippen molar-refractivity contribution in [2.75, 3.05) is 42.1 Å². The number of aromatic nitrogens is 2. The molecular weight excluding hydrogens is 560 g/mol. The van der Waals surface area contributed by atoms with Crippen molar-refractivity contribution in [2.24, 2.45) is 0 Å². The van der Waals surface area contributed by atoms with E-state index in [2.05, 4.69) is 25.3 Å². The Hall–Kier alpha value is -4.75. The molecule has 0 radical (unpaired) electrons. The molecule has 0 saturated carbocycles. The first kappa shape index (κ1) is 30.2. The molecule has 1 amide bonds. The zero-order valence-corrected chi connectivity index (χ0v) is 22.9. The standard InChI is InChI=1S/C28H28N6O6S.CH4/c1-40-22-14-19(13-21(36)16-22)30-27-28(32-25-8-3-2-7-24(25)31-27)33-41(38,39)23-6-4-5-18(15-23)29-26(37)17-34-11-9-20(35)10-12-34;/h2-8,13-16,36H,9-12,17H2,1H3,(H,29,37)(H,30,31)(H,32,33);1H4. The van der Waals surface area contributed by atoms with Gasteiger partial charge in [-0.3, -0.25) is 19.2 Å². The molecule has 4 N–H and O–H groups in total. The van der Waals surface area contributed by atoms with Gasteiger partial charge in [0.2, 0.25) is 5.91 Å². The Balaban J connectivity index is 0.00000405. The number of phenols is 1. The lowest BCUT2D eigenvalue weighted by Crippen LogP contribution is -2.39. The van der Waals surface area contributed by atoms with E-state index >= 15 is 0 Å². The average Bonchev–Trinajstić information content (AvgIpc) is 2.94. The van der Waals surface area contributed by atoms with Crippen LogP contribution < -0.4 is 20.1 Å². The predicted octanol–water partition coefficient (Wildman–Crippen LogP) is 4.13. The fraction of sp³-hybridized carbons (Fsp3) is 0.241. The smallest absolute Gasteiger partial charge is 0.263 e. The number of phenolic OH excluding ortho intramolecular Hbond substituents is 1. The highest BCUT2D eigenvalue weighted by atomic mass is 32.2. The maximum atomic E-state index is 13.5. The van der Waals surface area contributed by atoms with E-state index in [0.717, 1.165) is 0 Å². The lowest BCUT2D eigenvalue weighted by atomic mass is 10.1. The summed E-state index contributed by atoms with van der Waals surface area (Å²) in [6.07, 6.45) is 0.834. The van der Waals surface area contributed by atoms with Crippen LogP contribution in [0.25, 0.3) is 11.0 Å². The van der Waals surface area contributed by atoms with Crippen molar-refractivity contribution in [3.63, 3.8) is 0 Å². The number of carbonyl (C=O) groups excluding carboxylic acids is 2. The van der Waals surface area contributed by atoms with Gasteiger partial charge in [0.25, 0.3) is 10.0 Å². The molecule has 0 spiro atoms. The van der Waals surface area contributed by atoms with Gasteiger partial charge in [-0.25, -0.2) is 18.4 Å². The quantitative estimate of drug-likeness (QED) is 0.222. The largest absolute Gasteiger partial charge is 0.508 e. The number of ether oxygens (including phenoxy) is 1. The number of amides is 1. The molecule has 220 valence electrons. The van der Waals surface area contributed by atoms with E-state index in [1.807, 2.05) is 4.90 Å². The molecule has 4 aromatic rings. The van der Waals surface area contributed by atoms with Crippen molar-refractivity contribution in [1.82, 2.24) is 14.9 Å². The molecule has 0 aliphatic carbocycles. The zero-order chi connectivity index (χ0) is 29.0. The topological polar surface area (TPSA) is 163 Å². The molecule has 1 fully saturated rings. The minimum Gasteiger partial charge on any atom is -0.508 e. The molecule has 3 aromatic carbocycles. The van der Waals surface area contributed by atoms with Gasteiger partial charge in [-0.1, -0.05) is 25.6 Å². The number of Topliss-reactive ketones (excluding diaryl/α,β-unsaturated/α-hetero) is 1. The second-order valence-electron chi connectivity index (χ2n) is 9.45. The van der Waals surface area contributed by atoms with Crippen LogP contribution in [0.3, 0.4) is 0 Å². The third kappa shape index (κ3) is 7.30. The fourth-order valence-corrected chi connectivity index (χ4v) is 5.41. The first-order valence-corrected chi connectivity index (χ1v) is 14.3. The van der Waals surface area contributed by atoms with Crippen molar-refractivity contribution in [3.05, 3.63) is 66.7 Å². The van der Waals surface area contributed by atoms with Crippen LogP contribution >= 0.6 is 0 Å². The van der Waals surface area contributed by atoms with Crippen LogP contribution in [-0.2, 0) is 19.6 Å². The highest BCUT2D eigenvalue weighted by Gasteiger charge is 2.21. The Bertz CT molecular complexity index is 1720. The Morgan fingerprint density at radius 3 is 2.33 bits per heavy atom. The van der Waals surface area contributed by atoms with E-state index in [0.29, 0.717) is 54.1 Å². The summed E-state index contributed by atoms with van der Waals surface area (Å²) in [6.45, 7) is 1.14. The van der Waals surface area contributed by atoms with Gasteiger partial charge in [0, 0.05) is 55.5 Å². The molecule has 0 atom stereocenters. The number of para-hydroxylation sites is 2. The Labute approximate surface area is 243 Å². The molecule has 42 heavy (non-hydrogen) atoms. The lowest BCUT2D eigenvalue weighted by molar-refractivity contribution is -0.124. The summed E-state index contributed by atoms with van der Waals surface area (Å²) in [6, 6.07) is 17.3. The highest BCUT2D eigenvalue weighted by molar-refractivity contribution is 7.92. The van der Waals surface area contributed by atoms with E-state index in [-0.39, 0.29) is 47.9 Å². The van der Waals surface area contributed by atoms with Crippen molar-refractivity contribution in [3.8, 4) is 11.5 Å². The first-order chi connectivity index (χ1) is 19.7. The lowest BCUT2D eigenvalue weighted by Gasteiger charge is -2.24. The van der Waals surface area contributed by atoms with Crippen LogP contribution in [0.1, 0.15) is 20.3 Å². The van der Waals surface area contributed by atoms with E-state index in [1.54, 1.807) is 36.4 Å². The zero-order valence-electron chi connectivity index (χ0n) is 22.1. The number of rotatable bonds is 9. The molecule has 12 nitrogen and oxygen atoms in total. The summed E-state index contributed by atoms with van der Waals surface area (Å²) in [5, 5.41) is 15.8. The van der Waals surface area contributed by atoms with Crippen LogP contribution in [0.4, 0.5) is 23.0 Å². The number of piperidine rings is 1. The monoisotopic (exact) mass is 592 g/mol. The number of anilines is 4. The number of fused-ring (bicyclic) bond motifs is 1. The van der Waals surface area contributed by atoms with Crippen LogP contribution in [0, 0.1) is 0 Å². The summed E-state index contributed by atoms with van der Waals surface area (Å²) in [7, 11) is -2.72. The van der Waals surface area contributed by atoms with Gasteiger partial charge >= 0.3 is 0 Å². The average molecular weight is 593 g/mol. The molecule has 1 saturated heterocycles. The molecule has 5 rings (SSSR count). The second-order valence-corrected chi connectivity index (χ2v) is 11.1. The van der Waals surface area contributed by atoms with Gasteiger partial charge in [-0.05, 0) is 30.3 Å². The van der Waals surface area contributed by atoms with Gasteiger partial charge in [-0.2, -0.15) is 0 Å². The predicted molar refractivity (Wildman–Crippen MR) is 161 cm³/mol. The van der Waals surface area contributed by atoms with Crippen LogP contribution in [0.5, 0.6) is 11.5 Å². The van der Waals surface area contributed by atoms with Gasteiger partial charge < -0.3 is 20.5 Å². The molecule has 1 aliphatic heterocycles. The van der Waals surface area contributed by atoms with Crippen LogP contribution in [0.15, 0.2) is 71.6 Å². The number of hydrogen-bond donors (Lipinski definition) is 4. The number of methoxy groups -OCH3 is 1. The first-order valence-electron chi connectivity index (χ1n) is 12.8. The van der Waals surface area contributed by atoms with E-state index in [9.17, 15) is 23.1 Å². The van der Waals surface area contributed by atoms with Gasteiger partial charge in [0.15, 0.2) is 11.6 Å². The number of sulfonamides is 1. The summed E-state index contributed by atoms with van der Waals surface area (Å²) >= 11 is 0. The number of carbonyl (C=O) groups is 2. The Morgan fingerprint density at radius 2 is 1.64 bits per heavy atom. The molecule has 0 bridgehead atoms. The SMILES string of the molecule is C.COc1cc(O)cc(Nc2nc3ccccc3nc2NS(=O)(=O)c2cccc(NC(=O)CN3CCC(=O)CC3)c2)c1. The number of likely N-dealkylation sites (tertiary alicyclic amines) is 1. The van der Waals surface area contributed by atoms with Gasteiger partial charge in [0.1, 0.15) is 17.3 Å². The number of nitrogens with one attached hydrogen (secondary N) is 3. The highest BCUT2D eigenvalue weighted by Crippen LogP contribution is 2.31. The maximum absolute atomic E-state index is 13.5. The number of benzene rings is 3. The molecule has 13 heteroatoms. The molecule has 1 aliphatic rings. The van der Waals surface area contributed by atoms with Gasteiger partial charge in [0.05, 0.1) is 29.6 Å². The summed E-state index contributed by atoms with van der Waals surface area (Å²) in [5.74, 6) is 0.231. The van der Waals surface area contributed by atoms with Gasteiger partial charge in [-0.15, -0.1) is 0 Å². The second kappa shape index (κ2) is 12.8. The summed E-state index contributed by atoms with van der Waals surface area (Å²) in [4.78, 5) is 34.8. The summed E-state index contributed by atoms with van der Waals surface area (Å²) < 4.78 is 34.6. The molecule has 2 heterocycles. The minimum absolute atomic E-state index is 0. The Kier molecular flexibility index (Phi) is 9.23. The number of aromatic hydroxyl groups is 1. The van der Waals surface area contributed by atoms with E-state index in [4.69, 9.17) is 4.74 Å². The minimum atomic E-state index is -4.18. The van der Waals surface area contributed by atoms with Crippen molar-refractivity contribution in [2.45, 2.75) is 25.2 Å². The molecule has 0 unspecified atom stereocenters.